The Morgan fingerprint density at radius 2 is 1.95 bits per heavy atom. The molecule has 0 aliphatic heterocycles. The zero-order valence-corrected chi connectivity index (χ0v) is 12.4. The molecule has 1 fully saturated rings. The lowest BCUT2D eigenvalue weighted by atomic mass is 9.82. The zero-order valence-electron chi connectivity index (χ0n) is 11.6. The monoisotopic (exact) mass is 310 g/mol. The summed E-state index contributed by atoms with van der Waals surface area (Å²) in [5, 5.41) is 12.2. The van der Waals surface area contributed by atoms with Crippen molar-refractivity contribution < 1.29 is 14.7 Å². The molecule has 2 rings (SSSR count). The van der Waals surface area contributed by atoms with E-state index in [2.05, 4.69) is 5.32 Å². The number of halogens is 1. The second-order valence-electron chi connectivity index (χ2n) is 5.50. The van der Waals surface area contributed by atoms with Gasteiger partial charge in [-0.1, -0.05) is 11.6 Å². The predicted octanol–water partition coefficient (Wildman–Crippen LogP) is 2.54. The molecule has 0 bridgehead atoms. The van der Waals surface area contributed by atoms with Gasteiger partial charge in [0, 0.05) is 12.1 Å². The Morgan fingerprint density at radius 1 is 1.29 bits per heavy atom. The lowest BCUT2D eigenvalue weighted by Crippen LogP contribution is -2.32. The second kappa shape index (κ2) is 6.80. The van der Waals surface area contributed by atoms with Gasteiger partial charge in [-0.25, -0.2) is 0 Å². The third-order valence-electron chi connectivity index (χ3n) is 4.01. The number of carbonyl (C=O) groups is 2. The van der Waals surface area contributed by atoms with Crippen molar-refractivity contribution >= 4 is 29.2 Å². The lowest BCUT2D eigenvalue weighted by molar-refractivity contribution is -0.143. The van der Waals surface area contributed by atoms with Crippen molar-refractivity contribution in [3.8, 4) is 0 Å². The maximum absolute atomic E-state index is 12.0. The molecule has 0 aromatic heterocycles. The number of aliphatic carboxylic acids is 1. The SMILES string of the molecule is Nc1ccc(C(=O)NC[C@H]2CC[C@H](C(=O)O)CC2)cc1Cl. The molecule has 0 heterocycles. The molecule has 1 aliphatic carbocycles. The third-order valence-corrected chi connectivity index (χ3v) is 4.34. The Morgan fingerprint density at radius 3 is 2.52 bits per heavy atom. The number of rotatable bonds is 4. The molecular weight excluding hydrogens is 292 g/mol. The van der Waals surface area contributed by atoms with E-state index in [1.807, 2.05) is 0 Å². The van der Waals surface area contributed by atoms with E-state index in [4.69, 9.17) is 22.4 Å². The largest absolute Gasteiger partial charge is 0.481 e. The first-order valence-electron chi connectivity index (χ1n) is 7.03. The number of anilines is 1. The Kier molecular flexibility index (Phi) is 5.07. The minimum atomic E-state index is -0.714. The van der Waals surface area contributed by atoms with Crippen LogP contribution in [0.5, 0.6) is 0 Å². The molecule has 6 heteroatoms. The molecule has 5 nitrogen and oxygen atoms in total. The summed E-state index contributed by atoms with van der Waals surface area (Å²) in [4.78, 5) is 22.9. The van der Waals surface area contributed by atoms with Gasteiger partial charge in [-0.15, -0.1) is 0 Å². The fourth-order valence-electron chi connectivity index (χ4n) is 2.62. The van der Waals surface area contributed by atoms with Gasteiger partial charge in [0.15, 0.2) is 0 Å². The fraction of sp³-hybridized carbons (Fsp3) is 0.467. The predicted molar refractivity (Wildman–Crippen MR) is 81.3 cm³/mol. The van der Waals surface area contributed by atoms with Crippen LogP contribution in [0.15, 0.2) is 18.2 Å². The van der Waals surface area contributed by atoms with Crippen LogP contribution in [0, 0.1) is 11.8 Å². The molecule has 4 N–H and O–H groups in total. The number of carboxylic acids is 1. The molecule has 1 amide bonds. The van der Waals surface area contributed by atoms with Gasteiger partial charge in [0.25, 0.3) is 5.91 Å². The topological polar surface area (TPSA) is 92.4 Å². The van der Waals surface area contributed by atoms with E-state index in [-0.39, 0.29) is 11.8 Å². The number of nitrogen functional groups attached to an aromatic ring is 1. The van der Waals surface area contributed by atoms with Crippen LogP contribution >= 0.6 is 11.6 Å². The summed E-state index contributed by atoms with van der Waals surface area (Å²) in [5.74, 6) is -0.784. The van der Waals surface area contributed by atoms with Crippen molar-refractivity contribution in [1.82, 2.24) is 5.32 Å². The highest BCUT2D eigenvalue weighted by Gasteiger charge is 2.26. The van der Waals surface area contributed by atoms with E-state index >= 15 is 0 Å². The molecule has 1 aromatic carbocycles. The number of hydrogen-bond acceptors (Lipinski definition) is 3. The summed E-state index contributed by atoms with van der Waals surface area (Å²) in [7, 11) is 0. The fourth-order valence-corrected chi connectivity index (χ4v) is 2.80. The molecule has 0 atom stereocenters. The Balaban J connectivity index is 1.82. The summed E-state index contributed by atoms with van der Waals surface area (Å²) < 4.78 is 0. The molecule has 0 saturated heterocycles. The van der Waals surface area contributed by atoms with Crippen LogP contribution in [0.2, 0.25) is 5.02 Å². The summed E-state index contributed by atoms with van der Waals surface area (Å²) in [6.45, 7) is 0.563. The number of nitrogens with one attached hydrogen (secondary N) is 1. The molecule has 0 unspecified atom stereocenters. The van der Waals surface area contributed by atoms with Gasteiger partial charge in [-0.3, -0.25) is 9.59 Å². The van der Waals surface area contributed by atoms with Crippen molar-refractivity contribution in [1.29, 1.82) is 0 Å². The second-order valence-corrected chi connectivity index (χ2v) is 5.91. The molecule has 21 heavy (non-hydrogen) atoms. The van der Waals surface area contributed by atoms with Gasteiger partial charge >= 0.3 is 5.97 Å². The Bertz CT molecular complexity index is 540. The number of benzene rings is 1. The molecule has 114 valence electrons. The first-order valence-corrected chi connectivity index (χ1v) is 7.41. The van der Waals surface area contributed by atoms with Gasteiger partial charge < -0.3 is 16.2 Å². The first-order chi connectivity index (χ1) is 9.97. The van der Waals surface area contributed by atoms with Crippen LogP contribution in [0.4, 0.5) is 5.69 Å². The van der Waals surface area contributed by atoms with E-state index < -0.39 is 5.97 Å². The van der Waals surface area contributed by atoms with Crippen LogP contribution in [0.1, 0.15) is 36.0 Å². The van der Waals surface area contributed by atoms with Gasteiger partial charge in [0.1, 0.15) is 0 Å². The van der Waals surface area contributed by atoms with E-state index in [9.17, 15) is 9.59 Å². The van der Waals surface area contributed by atoms with Crippen LogP contribution in [0.3, 0.4) is 0 Å². The highest BCUT2D eigenvalue weighted by molar-refractivity contribution is 6.33. The number of hydrogen-bond donors (Lipinski definition) is 3. The summed E-state index contributed by atoms with van der Waals surface area (Å²) in [6, 6.07) is 4.79. The van der Waals surface area contributed by atoms with Gasteiger partial charge in [0.2, 0.25) is 0 Å². The van der Waals surface area contributed by atoms with Crippen LogP contribution in [0.25, 0.3) is 0 Å². The van der Waals surface area contributed by atoms with E-state index in [1.165, 1.54) is 0 Å². The number of carboxylic acid groups (broad SMARTS) is 1. The van der Waals surface area contributed by atoms with Gasteiger partial charge in [-0.2, -0.15) is 0 Å². The van der Waals surface area contributed by atoms with E-state index in [0.29, 0.717) is 41.6 Å². The lowest BCUT2D eigenvalue weighted by Gasteiger charge is -2.26. The highest BCUT2D eigenvalue weighted by Crippen LogP contribution is 2.28. The maximum Gasteiger partial charge on any atom is 0.306 e. The average molecular weight is 311 g/mol. The number of amides is 1. The quantitative estimate of drug-likeness (QED) is 0.745. The molecule has 1 aromatic rings. The standard InChI is InChI=1S/C15H19ClN2O3/c16-12-7-11(5-6-13(12)17)14(19)18-8-9-1-3-10(4-2-9)15(20)21/h5-7,9-10H,1-4,8,17H2,(H,18,19)(H,20,21)/t9-,10-. The minimum absolute atomic E-state index is 0.183. The smallest absolute Gasteiger partial charge is 0.306 e. The molecule has 1 saturated carbocycles. The van der Waals surface area contributed by atoms with Crippen molar-refractivity contribution in [2.45, 2.75) is 25.7 Å². The summed E-state index contributed by atoms with van der Waals surface area (Å²) in [6.07, 6.45) is 3.03. The van der Waals surface area contributed by atoms with E-state index in [0.717, 1.165) is 12.8 Å². The zero-order chi connectivity index (χ0) is 15.4. The normalized spacial score (nSPS) is 21.8. The van der Waals surface area contributed by atoms with Crippen molar-refractivity contribution in [2.75, 3.05) is 12.3 Å². The molecule has 0 spiro atoms. The van der Waals surface area contributed by atoms with Crippen LogP contribution in [-0.4, -0.2) is 23.5 Å². The van der Waals surface area contributed by atoms with Gasteiger partial charge in [-0.05, 0) is 49.8 Å². The van der Waals surface area contributed by atoms with E-state index in [1.54, 1.807) is 18.2 Å². The van der Waals surface area contributed by atoms with Crippen molar-refractivity contribution in [3.05, 3.63) is 28.8 Å². The number of nitrogens with two attached hydrogens (primary N) is 1. The first kappa shape index (κ1) is 15.6. The molecule has 1 aliphatic rings. The van der Waals surface area contributed by atoms with Crippen molar-refractivity contribution in [3.63, 3.8) is 0 Å². The number of carbonyl (C=O) groups excluding carboxylic acids is 1. The highest BCUT2D eigenvalue weighted by atomic mass is 35.5. The van der Waals surface area contributed by atoms with Crippen LogP contribution < -0.4 is 11.1 Å². The van der Waals surface area contributed by atoms with Crippen molar-refractivity contribution in [2.24, 2.45) is 11.8 Å². The summed E-state index contributed by atoms with van der Waals surface area (Å²) >= 11 is 5.89. The third kappa shape index (κ3) is 4.11. The molecule has 0 radical (unpaired) electrons. The van der Waals surface area contributed by atoms with Gasteiger partial charge in [0.05, 0.1) is 16.6 Å². The van der Waals surface area contributed by atoms with Crippen LogP contribution in [-0.2, 0) is 4.79 Å². The molecular formula is C15H19ClN2O3. The Labute approximate surface area is 128 Å². The maximum atomic E-state index is 12.0. The average Bonchev–Trinajstić information content (AvgIpc) is 2.48. The Hall–Kier alpha value is -1.75. The summed E-state index contributed by atoms with van der Waals surface area (Å²) in [5.41, 5.74) is 6.53. The minimum Gasteiger partial charge on any atom is -0.481 e.